The fourth-order valence-corrected chi connectivity index (χ4v) is 2.12. The number of carbonyl (C=O) groups is 2. The second-order valence-corrected chi connectivity index (χ2v) is 5.40. The molecular weight excluding hydrogens is 339 g/mol. The molecule has 0 aliphatic carbocycles. The number of halogens is 1. The van der Waals surface area contributed by atoms with Crippen molar-refractivity contribution in [2.75, 3.05) is 0 Å². The monoisotopic (exact) mass is 354 g/mol. The smallest absolute Gasteiger partial charge is 0.289 e. The lowest BCUT2D eigenvalue weighted by Gasteiger charge is -2.15. The third kappa shape index (κ3) is 4.10. The average molecular weight is 354 g/mol. The highest BCUT2D eigenvalue weighted by atomic mass is 19.1. The van der Waals surface area contributed by atoms with Gasteiger partial charge in [-0.15, -0.1) is 0 Å². The van der Waals surface area contributed by atoms with Crippen LogP contribution in [0, 0.1) is 5.82 Å². The molecule has 0 aliphatic heterocycles. The zero-order valence-corrected chi connectivity index (χ0v) is 13.8. The van der Waals surface area contributed by atoms with Crippen LogP contribution in [-0.2, 0) is 4.79 Å². The number of nitrogens with one attached hydrogen (secondary N) is 2. The zero-order chi connectivity index (χ0) is 18.5. The van der Waals surface area contributed by atoms with E-state index in [1.54, 1.807) is 18.2 Å². The Bertz CT molecular complexity index is 947. The minimum absolute atomic E-state index is 0.0658. The molecule has 26 heavy (non-hydrogen) atoms. The number of nitrogens with zero attached hydrogens (tertiary/aromatic N) is 2. The molecule has 3 aromatic rings. The Balaban J connectivity index is 1.57. The second kappa shape index (κ2) is 7.56. The first kappa shape index (κ1) is 17.3. The molecule has 1 unspecified atom stereocenters. The molecule has 0 aliphatic rings. The van der Waals surface area contributed by atoms with E-state index in [0.717, 1.165) is 0 Å². The summed E-state index contributed by atoms with van der Waals surface area (Å²) in [6, 6.07) is 12.4. The molecule has 0 fully saturated rings. The molecule has 1 atom stereocenters. The van der Waals surface area contributed by atoms with Crippen LogP contribution in [0.4, 0.5) is 4.39 Å². The molecule has 0 radical (unpaired) electrons. The molecule has 1 aromatic heterocycles. The van der Waals surface area contributed by atoms with Crippen LogP contribution in [-0.4, -0.2) is 27.9 Å². The predicted octanol–water partition coefficient (Wildman–Crippen LogP) is 2.00. The van der Waals surface area contributed by atoms with Crippen LogP contribution in [0.25, 0.3) is 11.0 Å². The number of carbonyl (C=O) groups excluding carboxylic acids is 2. The molecule has 3 rings (SSSR count). The van der Waals surface area contributed by atoms with E-state index in [4.69, 9.17) is 4.74 Å². The third-order valence-electron chi connectivity index (χ3n) is 3.48. The topological polar surface area (TPSA) is 93.2 Å². The van der Waals surface area contributed by atoms with Gasteiger partial charge in [-0.3, -0.25) is 25.4 Å². The summed E-state index contributed by atoms with van der Waals surface area (Å²) in [5.41, 5.74) is 5.81. The molecule has 2 aromatic carbocycles. The van der Waals surface area contributed by atoms with Gasteiger partial charge in [-0.25, -0.2) is 9.37 Å². The van der Waals surface area contributed by atoms with Gasteiger partial charge in [-0.1, -0.05) is 12.1 Å². The summed E-state index contributed by atoms with van der Waals surface area (Å²) in [6.45, 7) is 1.50. The number of hydrazine groups is 1. The van der Waals surface area contributed by atoms with E-state index in [1.807, 2.05) is 6.07 Å². The molecule has 7 nitrogen and oxygen atoms in total. The summed E-state index contributed by atoms with van der Waals surface area (Å²) in [4.78, 5) is 32.4. The van der Waals surface area contributed by atoms with Crippen molar-refractivity contribution in [2.45, 2.75) is 13.0 Å². The molecule has 0 saturated heterocycles. The van der Waals surface area contributed by atoms with E-state index in [2.05, 4.69) is 20.8 Å². The van der Waals surface area contributed by atoms with Crippen molar-refractivity contribution >= 4 is 22.8 Å². The minimum Gasteiger partial charge on any atom is -0.481 e. The van der Waals surface area contributed by atoms with Crippen molar-refractivity contribution in [3.63, 3.8) is 0 Å². The lowest BCUT2D eigenvalue weighted by molar-refractivity contribution is -0.128. The van der Waals surface area contributed by atoms with Gasteiger partial charge in [0, 0.05) is 0 Å². The average Bonchev–Trinajstić information content (AvgIpc) is 2.67. The van der Waals surface area contributed by atoms with Gasteiger partial charge in [-0.05, 0) is 43.3 Å². The Hall–Kier alpha value is -3.55. The molecule has 0 spiro atoms. The molecule has 0 saturated carbocycles. The summed E-state index contributed by atoms with van der Waals surface area (Å²) < 4.78 is 18.2. The molecule has 1 heterocycles. The van der Waals surface area contributed by atoms with Crippen LogP contribution < -0.4 is 15.6 Å². The van der Waals surface area contributed by atoms with Gasteiger partial charge in [0.05, 0.1) is 17.2 Å². The molecule has 8 heteroatoms. The van der Waals surface area contributed by atoms with Gasteiger partial charge < -0.3 is 4.74 Å². The Labute approximate surface area is 148 Å². The van der Waals surface area contributed by atoms with E-state index in [-0.39, 0.29) is 5.69 Å². The van der Waals surface area contributed by atoms with Crippen LogP contribution in [0.3, 0.4) is 0 Å². The normalized spacial score (nSPS) is 11.6. The number of rotatable bonds is 4. The van der Waals surface area contributed by atoms with Crippen LogP contribution in [0.1, 0.15) is 17.4 Å². The number of ether oxygens (including phenoxy) is 1. The minimum atomic E-state index is -0.900. The van der Waals surface area contributed by atoms with Crippen molar-refractivity contribution in [3.8, 4) is 5.75 Å². The van der Waals surface area contributed by atoms with Crippen molar-refractivity contribution in [2.24, 2.45) is 0 Å². The van der Waals surface area contributed by atoms with Crippen molar-refractivity contribution in [1.82, 2.24) is 20.8 Å². The first-order valence-electron chi connectivity index (χ1n) is 7.77. The molecule has 132 valence electrons. The van der Waals surface area contributed by atoms with Gasteiger partial charge in [0.15, 0.2) is 6.10 Å². The van der Waals surface area contributed by atoms with Crippen LogP contribution in [0.5, 0.6) is 5.75 Å². The van der Waals surface area contributed by atoms with E-state index in [1.165, 1.54) is 37.4 Å². The lowest BCUT2D eigenvalue weighted by atomic mass is 10.3. The molecule has 2 N–H and O–H groups in total. The Morgan fingerprint density at radius 3 is 2.46 bits per heavy atom. The lowest BCUT2D eigenvalue weighted by Crippen LogP contribution is -2.47. The Morgan fingerprint density at radius 2 is 1.73 bits per heavy atom. The van der Waals surface area contributed by atoms with E-state index < -0.39 is 23.7 Å². The Kier molecular flexibility index (Phi) is 5.02. The summed E-state index contributed by atoms with van der Waals surface area (Å²) in [7, 11) is 0. The maximum Gasteiger partial charge on any atom is 0.289 e. The number of para-hydroxylation sites is 2. The standard InChI is InChI=1S/C18H15FN4O3/c1-11(26-13-8-6-12(19)7-9-13)17(24)22-23-18(25)16-10-20-14-4-2-3-5-15(14)21-16/h2-11H,1H3,(H,22,24)(H,23,25). The van der Waals surface area contributed by atoms with Crippen molar-refractivity contribution in [1.29, 1.82) is 0 Å². The number of hydrogen-bond donors (Lipinski definition) is 2. The summed E-state index contributed by atoms with van der Waals surface area (Å²) in [5, 5.41) is 0. The first-order valence-corrected chi connectivity index (χ1v) is 7.77. The zero-order valence-electron chi connectivity index (χ0n) is 13.8. The number of hydrogen-bond acceptors (Lipinski definition) is 5. The fraction of sp³-hybridized carbons (Fsp3) is 0.111. The third-order valence-corrected chi connectivity index (χ3v) is 3.48. The number of amides is 2. The van der Waals surface area contributed by atoms with Crippen molar-refractivity contribution in [3.05, 3.63) is 66.2 Å². The Morgan fingerprint density at radius 1 is 1.04 bits per heavy atom. The van der Waals surface area contributed by atoms with Crippen molar-refractivity contribution < 1.29 is 18.7 Å². The quantitative estimate of drug-likeness (QED) is 0.699. The summed E-state index contributed by atoms with van der Waals surface area (Å²) in [5.74, 6) is -1.25. The van der Waals surface area contributed by atoms with E-state index in [0.29, 0.717) is 16.8 Å². The van der Waals surface area contributed by atoms with Gasteiger partial charge in [0.2, 0.25) is 0 Å². The highest BCUT2D eigenvalue weighted by Gasteiger charge is 2.16. The van der Waals surface area contributed by atoms with E-state index >= 15 is 0 Å². The molecule has 0 bridgehead atoms. The molecule has 2 amide bonds. The van der Waals surface area contributed by atoms with Gasteiger partial charge in [0.25, 0.3) is 11.8 Å². The SMILES string of the molecule is CC(Oc1ccc(F)cc1)C(=O)NNC(=O)c1cnc2ccccc2n1. The summed E-state index contributed by atoms with van der Waals surface area (Å²) >= 11 is 0. The highest BCUT2D eigenvalue weighted by Crippen LogP contribution is 2.13. The van der Waals surface area contributed by atoms with Crippen LogP contribution in [0.2, 0.25) is 0 Å². The first-order chi connectivity index (χ1) is 12.5. The summed E-state index contributed by atoms with van der Waals surface area (Å²) in [6.07, 6.45) is 0.422. The maximum absolute atomic E-state index is 12.9. The maximum atomic E-state index is 12.9. The largest absolute Gasteiger partial charge is 0.481 e. The predicted molar refractivity (Wildman–Crippen MR) is 91.6 cm³/mol. The number of fused-ring (bicyclic) bond motifs is 1. The number of aromatic nitrogens is 2. The molecular formula is C18H15FN4O3. The highest BCUT2D eigenvalue weighted by molar-refractivity contribution is 5.95. The van der Waals surface area contributed by atoms with Crippen LogP contribution >= 0.6 is 0 Å². The van der Waals surface area contributed by atoms with Crippen LogP contribution in [0.15, 0.2) is 54.7 Å². The van der Waals surface area contributed by atoms with E-state index in [9.17, 15) is 14.0 Å². The number of benzene rings is 2. The van der Waals surface area contributed by atoms with Gasteiger partial charge >= 0.3 is 0 Å². The fourth-order valence-electron chi connectivity index (χ4n) is 2.12. The van der Waals surface area contributed by atoms with Gasteiger partial charge in [-0.2, -0.15) is 0 Å². The second-order valence-electron chi connectivity index (χ2n) is 5.40. The van der Waals surface area contributed by atoms with Gasteiger partial charge in [0.1, 0.15) is 17.3 Å².